The molecule has 0 bridgehead atoms. The minimum atomic E-state index is 0.242. The molecule has 3 atom stereocenters. The fourth-order valence-electron chi connectivity index (χ4n) is 2.19. The average molecular weight is 215 g/mol. The van der Waals surface area contributed by atoms with Gasteiger partial charge in [0.2, 0.25) is 0 Å². The Morgan fingerprint density at radius 2 is 2.27 bits per heavy atom. The maximum Gasteiger partial charge on any atom is 0.0589 e. The first kappa shape index (κ1) is 12.9. The monoisotopic (exact) mass is 215 g/mol. The standard InChI is InChI=1S/C12H25NO2/c1-3-5-12-8-11(6-7-15-12)13-10(4-2)9-14/h10-14H,3-9H2,1-2H3/t10-,11?,12?/m0/s1. The van der Waals surface area contributed by atoms with E-state index in [0.717, 1.165) is 32.3 Å². The number of hydrogen-bond donors (Lipinski definition) is 2. The van der Waals surface area contributed by atoms with Crippen molar-refractivity contribution in [3.8, 4) is 0 Å². The third kappa shape index (κ3) is 4.49. The molecule has 3 heteroatoms. The number of rotatable bonds is 6. The van der Waals surface area contributed by atoms with Gasteiger partial charge in [0, 0.05) is 18.7 Å². The van der Waals surface area contributed by atoms with Crippen molar-refractivity contribution in [2.75, 3.05) is 13.2 Å². The third-order valence-corrected chi connectivity index (χ3v) is 3.16. The van der Waals surface area contributed by atoms with Gasteiger partial charge in [-0.1, -0.05) is 20.3 Å². The summed E-state index contributed by atoms with van der Waals surface area (Å²) in [7, 11) is 0. The lowest BCUT2D eigenvalue weighted by molar-refractivity contribution is -0.00636. The summed E-state index contributed by atoms with van der Waals surface area (Å²) in [4.78, 5) is 0. The van der Waals surface area contributed by atoms with E-state index >= 15 is 0 Å². The third-order valence-electron chi connectivity index (χ3n) is 3.16. The van der Waals surface area contributed by atoms with Crippen molar-refractivity contribution in [1.29, 1.82) is 0 Å². The molecule has 0 aromatic rings. The van der Waals surface area contributed by atoms with Crippen molar-refractivity contribution in [2.24, 2.45) is 0 Å². The van der Waals surface area contributed by atoms with Gasteiger partial charge in [-0.25, -0.2) is 0 Å². The van der Waals surface area contributed by atoms with E-state index in [-0.39, 0.29) is 12.6 Å². The second kappa shape index (κ2) is 7.20. The van der Waals surface area contributed by atoms with Gasteiger partial charge in [0.15, 0.2) is 0 Å². The number of aliphatic hydroxyl groups excluding tert-OH is 1. The highest BCUT2D eigenvalue weighted by molar-refractivity contribution is 4.79. The van der Waals surface area contributed by atoms with Gasteiger partial charge in [-0.05, 0) is 25.7 Å². The van der Waals surface area contributed by atoms with Crippen molar-refractivity contribution in [2.45, 2.75) is 64.1 Å². The molecule has 90 valence electrons. The highest BCUT2D eigenvalue weighted by atomic mass is 16.5. The van der Waals surface area contributed by atoms with E-state index in [2.05, 4.69) is 19.2 Å². The van der Waals surface area contributed by atoms with Crippen LogP contribution >= 0.6 is 0 Å². The van der Waals surface area contributed by atoms with E-state index in [1.165, 1.54) is 6.42 Å². The van der Waals surface area contributed by atoms with Crippen LogP contribution in [0.25, 0.3) is 0 Å². The number of ether oxygens (including phenoxy) is 1. The predicted molar refractivity (Wildman–Crippen MR) is 62.0 cm³/mol. The summed E-state index contributed by atoms with van der Waals surface area (Å²) in [6.45, 7) is 5.41. The molecule has 3 nitrogen and oxygen atoms in total. The van der Waals surface area contributed by atoms with E-state index in [1.54, 1.807) is 0 Å². The molecular formula is C12H25NO2. The summed E-state index contributed by atoms with van der Waals surface area (Å²) >= 11 is 0. The minimum absolute atomic E-state index is 0.242. The normalized spacial score (nSPS) is 29.0. The largest absolute Gasteiger partial charge is 0.395 e. The number of nitrogens with one attached hydrogen (secondary N) is 1. The molecule has 0 amide bonds. The molecule has 0 saturated carbocycles. The maximum atomic E-state index is 9.13. The van der Waals surface area contributed by atoms with E-state index in [1.807, 2.05) is 0 Å². The van der Waals surface area contributed by atoms with E-state index in [4.69, 9.17) is 9.84 Å². The molecule has 0 spiro atoms. The molecule has 2 unspecified atom stereocenters. The lowest BCUT2D eigenvalue weighted by Gasteiger charge is -2.32. The van der Waals surface area contributed by atoms with Gasteiger partial charge in [-0.2, -0.15) is 0 Å². The highest BCUT2D eigenvalue weighted by Gasteiger charge is 2.23. The molecule has 1 heterocycles. The molecule has 1 saturated heterocycles. The maximum absolute atomic E-state index is 9.13. The van der Waals surface area contributed by atoms with Crippen LogP contribution in [-0.2, 0) is 4.74 Å². The molecule has 0 aromatic carbocycles. The quantitative estimate of drug-likeness (QED) is 0.708. The molecule has 1 aliphatic heterocycles. The van der Waals surface area contributed by atoms with Gasteiger partial charge in [-0.3, -0.25) is 0 Å². The smallest absolute Gasteiger partial charge is 0.0589 e. The summed E-state index contributed by atoms with van der Waals surface area (Å²) in [6.07, 6.45) is 5.95. The second-order valence-corrected chi connectivity index (χ2v) is 4.46. The average Bonchev–Trinajstić information content (AvgIpc) is 2.27. The van der Waals surface area contributed by atoms with E-state index in [9.17, 15) is 0 Å². The van der Waals surface area contributed by atoms with E-state index in [0.29, 0.717) is 12.1 Å². The Bertz CT molecular complexity index is 158. The second-order valence-electron chi connectivity index (χ2n) is 4.46. The Hall–Kier alpha value is -0.120. The van der Waals surface area contributed by atoms with Gasteiger partial charge in [0.1, 0.15) is 0 Å². The van der Waals surface area contributed by atoms with Gasteiger partial charge in [0.25, 0.3) is 0 Å². The minimum Gasteiger partial charge on any atom is -0.395 e. The Morgan fingerprint density at radius 3 is 2.87 bits per heavy atom. The lowest BCUT2D eigenvalue weighted by Crippen LogP contribution is -2.45. The molecule has 15 heavy (non-hydrogen) atoms. The fraction of sp³-hybridized carbons (Fsp3) is 1.00. The predicted octanol–water partition coefficient (Wildman–Crippen LogP) is 1.69. The molecule has 1 aliphatic rings. The Morgan fingerprint density at radius 1 is 1.47 bits per heavy atom. The van der Waals surface area contributed by atoms with Crippen LogP contribution in [-0.4, -0.2) is 36.5 Å². The Kier molecular flexibility index (Phi) is 6.22. The van der Waals surface area contributed by atoms with Crippen LogP contribution in [0.4, 0.5) is 0 Å². The van der Waals surface area contributed by atoms with Crippen molar-refractivity contribution in [3.63, 3.8) is 0 Å². The van der Waals surface area contributed by atoms with Crippen LogP contribution in [0.3, 0.4) is 0 Å². The SMILES string of the molecule is CCCC1CC(N[C@@H](CC)CO)CCO1. The van der Waals surface area contributed by atoms with Crippen LogP contribution in [0.15, 0.2) is 0 Å². The summed E-state index contributed by atoms with van der Waals surface area (Å²) in [5.74, 6) is 0. The number of hydrogen-bond acceptors (Lipinski definition) is 3. The Balaban J connectivity index is 2.28. The fourth-order valence-corrected chi connectivity index (χ4v) is 2.19. The summed E-state index contributed by atoms with van der Waals surface area (Å²) in [5, 5.41) is 12.6. The van der Waals surface area contributed by atoms with E-state index < -0.39 is 0 Å². The van der Waals surface area contributed by atoms with Crippen LogP contribution < -0.4 is 5.32 Å². The first-order valence-electron chi connectivity index (χ1n) is 6.28. The molecule has 0 radical (unpaired) electrons. The first-order valence-corrected chi connectivity index (χ1v) is 6.28. The zero-order valence-corrected chi connectivity index (χ0v) is 10.0. The van der Waals surface area contributed by atoms with Crippen molar-refractivity contribution in [1.82, 2.24) is 5.32 Å². The summed E-state index contributed by atoms with van der Waals surface area (Å²) in [6, 6.07) is 0.794. The highest BCUT2D eigenvalue weighted by Crippen LogP contribution is 2.18. The zero-order chi connectivity index (χ0) is 11.1. The van der Waals surface area contributed by atoms with Gasteiger partial charge < -0.3 is 15.2 Å². The van der Waals surface area contributed by atoms with Crippen molar-refractivity contribution >= 4 is 0 Å². The lowest BCUT2D eigenvalue weighted by atomic mass is 9.99. The molecule has 0 aliphatic carbocycles. The number of aliphatic hydroxyl groups is 1. The Labute approximate surface area is 93.2 Å². The molecule has 2 N–H and O–H groups in total. The van der Waals surface area contributed by atoms with Crippen LogP contribution in [0.5, 0.6) is 0 Å². The van der Waals surface area contributed by atoms with Crippen LogP contribution in [0.2, 0.25) is 0 Å². The first-order chi connectivity index (χ1) is 7.30. The van der Waals surface area contributed by atoms with Gasteiger partial charge >= 0.3 is 0 Å². The summed E-state index contributed by atoms with van der Waals surface area (Å²) in [5.41, 5.74) is 0. The molecule has 1 fully saturated rings. The zero-order valence-electron chi connectivity index (χ0n) is 10.0. The molecule has 0 aromatic heterocycles. The molecule has 1 rings (SSSR count). The van der Waals surface area contributed by atoms with Crippen molar-refractivity contribution < 1.29 is 9.84 Å². The van der Waals surface area contributed by atoms with Gasteiger partial charge in [-0.15, -0.1) is 0 Å². The topological polar surface area (TPSA) is 41.5 Å². The van der Waals surface area contributed by atoms with Crippen molar-refractivity contribution in [3.05, 3.63) is 0 Å². The van der Waals surface area contributed by atoms with Gasteiger partial charge in [0.05, 0.1) is 12.7 Å². The van der Waals surface area contributed by atoms with Crippen LogP contribution in [0, 0.1) is 0 Å². The van der Waals surface area contributed by atoms with Crippen LogP contribution in [0.1, 0.15) is 46.0 Å². The molecular weight excluding hydrogens is 190 g/mol. The summed E-state index contributed by atoms with van der Waals surface area (Å²) < 4.78 is 5.69.